The van der Waals surface area contributed by atoms with E-state index in [0.717, 1.165) is 12.8 Å². The first kappa shape index (κ1) is 12.0. The Balaban J connectivity index is 1.87. The summed E-state index contributed by atoms with van der Waals surface area (Å²) in [5, 5.41) is 1.76. The smallest absolute Gasteiger partial charge is 0.273 e. The number of rotatable bonds is 3. The van der Waals surface area contributed by atoms with E-state index in [0.29, 0.717) is 31.1 Å². The minimum Gasteiger partial charge on any atom is -0.370 e. The van der Waals surface area contributed by atoms with Crippen molar-refractivity contribution in [2.45, 2.75) is 19.3 Å². The molecule has 2 heterocycles. The molecule has 92 valence electrons. The first-order chi connectivity index (χ1) is 8.16. The number of aromatic nitrogens is 1. The molecule has 0 spiro atoms. The van der Waals surface area contributed by atoms with Crippen LogP contribution < -0.4 is 5.73 Å². The molecule has 0 aromatic carbocycles. The lowest BCUT2D eigenvalue weighted by atomic mass is 9.93. The summed E-state index contributed by atoms with van der Waals surface area (Å²) < 4.78 is 0. The van der Waals surface area contributed by atoms with Gasteiger partial charge in [0.15, 0.2) is 0 Å². The lowest BCUT2D eigenvalue weighted by molar-refractivity contribution is -0.119. The Labute approximate surface area is 104 Å². The molecule has 5 nitrogen and oxygen atoms in total. The van der Waals surface area contributed by atoms with Crippen LogP contribution in [0, 0.1) is 5.92 Å². The summed E-state index contributed by atoms with van der Waals surface area (Å²) in [6.45, 7) is 1.38. The fourth-order valence-electron chi connectivity index (χ4n) is 2.10. The van der Waals surface area contributed by atoms with Crippen molar-refractivity contribution in [3.63, 3.8) is 0 Å². The fraction of sp³-hybridized carbons (Fsp3) is 0.545. The third kappa shape index (κ3) is 3.03. The number of nitrogens with zero attached hydrogens (tertiary/aromatic N) is 2. The average molecular weight is 253 g/mol. The van der Waals surface area contributed by atoms with Gasteiger partial charge in [0.25, 0.3) is 5.91 Å². The van der Waals surface area contributed by atoms with Crippen LogP contribution in [0.5, 0.6) is 0 Å². The van der Waals surface area contributed by atoms with Crippen molar-refractivity contribution in [1.82, 2.24) is 9.88 Å². The highest BCUT2D eigenvalue weighted by atomic mass is 32.1. The van der Waals surface area contributed by atoms with E-state index in [4.69, 9.17) is 5.73 Å². The van der Waals surface area contributed by atoms with Crippen molar-refractivity contribution in [2.24, 2.45) is 11.7 Å². The van der Waals surface area contributed by atoms with Crippen LogP contribution in [-0.2, 0) is 4.79 Å². The Morgan fingerprint density at radius 2 is 2.18 bits per heavy atom. The van der Waals surface area contributed by atoms with Crippen molar-refractivity contribution in [3.05, 3.63) is 16.6 Å². The van der Waals surface area contributed by atoms with Crippen LogP contribution in [0.2, 0.25) is 0 Å². The number of primary amides is 1. The molecule has 0 atom stereocenters. The van der Waals surface area contributed by atoms with Crippen LogP contribution in [0.1, 0.15) is 29.8 Å². The number of amides is 2. The van der Waals surface area contributed by atoms with Gasteiger partial charge >= 0.3 is 0 Å². The SMILES string of the molecule is NC(=O)CC1CCN(C(=O)c2cscn2)CC1. The van der Waals surface area contributed by atoms with Gasteiger partial charge in [-0.05, 0) is 18.8 Å². The van der Waals surface area contributed by atoms with Gasteiger partial charge in [-0.1, -0.05) is 0 Å². The Hall–Kier alpha value is -1.43. The van der Waals surface area contributed by atoms with Gasteiger partial charge in [-0.15, -0.1) is 11.3 Å². The van der Waals surface area contributed by atoms with Crippen LogP contribution >= 0.6 is 11.3 Å². The summed E-state index contributed by atoms with van der Waals surface area (Å²) >= 11 is 1.42. The molecular formula is C11H15N3O2S. The number of nitrogens with two attached hydrogens (primary N) is 1. The van der Waals surface area contributed by atoms with Crippen LogP contribution in [0.15, 0.2) is 10.9 Å². The first-order valence-electron chi connectivity index (χ1n) is 5.62. The number of piperidine rings is 1. The molecule has 0 unspecified atom stereocenters. The highest BCUT2D eigenvalue weighted by Gasteiger charge is 2.25. The number of carbonyl (C=O) groups excluding carboxylic acids is 2. The minimum atomic E-state index is -0.255. The van der Waals surface area contributed by atoms with Crippen molar-refractivity contribution in [2.75, 3.05) is 13.1 Å². The molecule has 0 saturated carbocycles. The summed E-state index contributed by atoms with van der Waals surface area (Å²) in [7, 11) is 0. The van der Waals surface area contributed by atoms with Gasteiger partial charge in [-0.3, -0.25) is 9.59 Å². The van der Waals surface area contributed by atoms with E-state index in [-0.39, 0.29) is 11.8 Å². The Bertz CT molecular complexity index is 397. The number of hydrogen-bond donors (Lipinski definition) is 1. The molecule has 1 aliphatic heterocycles. The minimum absolute atomic E-state index is 0.0104. The zero-order chi connectivity index (χ0) is 12.3. The quantitative estimate of drug-likeness (QED) is 0.868. The van der Waals surface area contributed by atoms with Gasteiger partial charge in [-0.25, -0.2) is 4.98 Å². The zero-order valence-electron chi connectivity index (χ0n) is 9.46. The molecule has 2 N–H and O–H groups in total. The van der Waals surface area contributed by atoms with Crippen molar-refractivity contribution in [1.29, 1.82) is 0 Å². The molecule has 17 heavy (non-hydrogen) atoms. The van der Waals surface area contributed by atoms with Gasteiger partial charge in [-0.2, -0.15) is 0 Å². The van der Waals surface area contributed by atoms with E-state index in [9.17, 15) is 9.59 Å². The van der Waals surface area contributed by atoms with Gasteiger partial charge in [0, 0.05) is 24.9 Å². The second kappa shape index (κ2) is 5.27. The topological polar surface area (TPSA) is 76.3 Å². The maximum absolute atomic E-state index is 12.0. The predicted octanol–water partition coefficient (Wildman–Crippen LogP) is 0.871. The molecule has 0 aliphatic carbocycles. The monoisotopic (exact) mass is 253 g/mol. The van der Waals surface area contributed by atoms with E-state index in [2.05, 4.69) is 4.98 Å². The molecule has 2 amide bonds. The summed E-state index contributed by atoms with van der Waals surface area (Å²) in [5.41, 5.74) is 7.34. The van der Waals surface area contributed by atoms with Gasteiger partial charge in [0.2, 0.25) is 5.91 Å². The first-order valence-corrected chi connectivity index (χ1v) is 6.57. The Morgan fingerprint density at radius 3 is 2.71 bits per heavy atom. The van der Waals surface area contributed by atoms with Crippen molar-refractivity contribution >= 4 is 23.2 Å². The molecule has 1 aromatic heterocycles. The molecule has 6 heteroatoms. The molecule has 1 fully saturated rings. The second-order valence-corrected chi connectivity index (χ2v) is 5.00. The van der Waals surface area contributed by atoms with E-state index >= 15 is 0 Å². The van der Waals surface area contributed by atoms with Crippen LogP contribution in [0.3, 0.4) is 0 Å². The molecule has 1 saturated heterocycles. The second-order valence-electron chi connectivity index (χ2n) is 4.28. The lowest BCUT2D eigenvalue weighted by Gasteiger charge is -2.31. The normalized spacial score (nSPS) is 17.1. The highest BCUT2D eigenvalue weighted by Crippen LogP contribution is 2.21. The average Bonchev–Trinajstić information content (AvgIpc) is 2.82. The number of thiazole rings is 1. The Kier molecular flexibility index (Phi) is 3.73. The molecule has 1 aliphatic rings. The van der Waals surface area contributed by atoms with E-state index in [1.165, 1.54) is 11.3 Å². The van der Waals surface area contributed by atoms with Gasteiger partial charge < -0.3 is 10.6 Å². The summed E-state index contributed by atoms with van der Waals surface area (Å²) in [6.07, 6.45) is 2.12. The van der Waals surface area contributed by atoms with Crippen LogP contribution in [-0.4, -0.2) is 34.8 Å². The molecule has 2 rings (SSSR count). The van der Waals surface area contributed by atoms with E-state index in [1.54, 1.807) is 15.8 Å². The summed E-state index contributed by atoms with van der Waals surface area (Å²) in [4.78, 5) is 28.6. The largest absolute Gasteiger partial charge is 0.370 e. The third-order valence-electron chi connectivity index (χ3n) is 3.04. The zero-order valence-corrected chi connectivity index (χ0v) is 10.3. The van der Waals surface area contributed by atoms with Crippen molar-refractivity contribution in [3.8, 4) is 0 Å². The predicted molar refractivity (Wildman–Crippen MR) is 64.6 cm³/mol. The van der Waals surface area contributed by atoms with Crippen LogP contribution in [0.4, 0.5) is 0 Å². The molecular weight excluding hydrogens is 238 g/mol. The maximum Gasteiger partial charge on any atom is 0.273 e. The van der Waals surface area contributed by atoms with Crippen molar-refractivity contribution < 1.29 is 9.59 Å². The summed E-state index contributed by atoms with van der Waals surface area (Å²) in [6, 6.07) is 0. The maximum atomic E-state index is 12.0. The standard InChI is InChI=1S/C11H15N3O2S/c12-10(15)5-8-1-3-14(4-2-8)11(16)9-6-17-7-13-9/h6-8H,1-5H2,(H2,12,15). The number of hydrogen-bond acceptors (Lipinski definition) is 4. The Morgan fingerprint density at radius 1 is 1.47 bits per heavy atom. The van der Waals surface area contributed by atoms with Gasteiger partial charge in [0.05, 0.1) is 5.51 Å². The van der Waals surface area contributed by atoms with Gasteiger partial charge in [0.1, 0.15) is 5.69 Å². The summed E-state index contributed by atoms with van der Waals surface area (Å²) in [5.74, 6) is 0.0602. The molecule has 0 radical (unpaired) electrons. The van der Waals surface area contributed by atoms with E-state index in [1.807, 2.05) is 0 Å². The molecule has 1 aromatic rings. The third-order valence-corrected chi connectivity index (χ3v) is 3.63. The fourth-order valence-corrected chi connectivity index (χ4v) is 2.63. The van der Waals surface area contributed by atoms with E-state index < -0.39 is 0 Å². The lowest BCUT2D eigenvalue weighted by Crippen LogP contribution is -2.39. The van der Waals surface area contributed by atoms with Crippen LogP contribution in [0.25, 0.3) is 0 Å². The highest BCUT2D eigenvalue weighted by molar-refractivity contribution is 7.07. The number of carbonyl (C=O) groups is 2. The number of likely N-dealkylation sites (tertiary alicyclic amines) is 1. The molecule has 0 bridgehead atoms.